The van der Waals surface area contributed by atoms with Crippen LogP contribution >= 0.6 is 0 Å². The molecule has 3 rings (SSSR count). The first kappa shape index (κ1) is 25.7. The predicted molar refractivity (Wildman–Crippen MR) is 125 cm³/mol. The van der Waals surface area contributed by atoms with E-state index in [1.807, 2.05) is 20.8 Å². The molecular formula is C23H33N3O5S2. The maximum absolute atomic E-state index is 13.1. The highest BCUT2D eigenvalue weighted by molar-refractivity contribution is 7.91. The van der Waals surface area contributed by atoms with Crippen molar-refractivity contribution in [2.45, 2.75) is 67.8 Å². The molecule has 2 fully saturated rings. The Kier molecular flexibility index (Phi) is 7.00. The second-order valence-electron chi connectivity index (χ2n) is 10.0. The molecule has 8 nitrogen and oxygen atoms in total. The van der Waals surface area contributed by atoms with Gasteiger partial charge in [0.1, 0.15) is 6.04 Å². The van der Waals surface area contributed by atoms with Crippen LogP contribution in [0.5, 0.6) is 0 Å². The summed E-state index contributed by atoms with van der Waals surface area (Å²) in [6.07, 6.45) is 4.03. The van der Waals surface area contributed by atoms with Crippen LogP contribution in [-0.4, -0.2) is 64.3 Å². The van der Waals surface area contributed by atoms with E-state index < -0.39 is 30.6 Å². The number of rotatable bonds is 7. The molecule has 33 heavy (non-hydrogen) atoms. The van der Waals surface area contributed by atoms with Crippen molar-refractivity contribution in [3.8, 4) is 6.07 Å². The Balaban J connectivity index is 1.69. The minimum absolute atomic E-state index is 0.0495. The van der Waals surface area contributed by atoms with Gasteiger partial charge in [-0.05, 0) is 68.2 Å². The highest BCUT2D eigenvalue weighted by Crippen LogP contribution is 2.50. The fourth-order valence-corrected chi connectivity index (χ4v) is 7.52. The van der Waals surface area contributed by atoms with E-state index in [0.29, 0.717) is 19.4 Å². The fourth-order valence-electron chi connectivity index (χ4n) is 5.03. The van der Waals surface area contributed by atoms with Crippen LogP contribution in [0.4, 0.5) is 0 Å². The SMILES string of the molecule is CC1(C)[C@H](CS(=O)(=O)c2ccc(S(C)(=O)=O)cc2)CC[C@]1(C)NCC(=O)N1CCCC1C#N. The number of nitriles is 1. The molecule has 1 amide bonds. The van der Waals surface area contributed by atoms with Gasteiger partial charge in [-0.2, -0.15) is 5.26 Å². The summed E-state index contributed by atoms with van der Waals surface area (Å²) < 4.78 is 49.5. The second-order valence-corrected chi connectivity index (χ2v) is 14.1. The lowest BCUT2D eigenvalue weighted by Gasteiger charge is -2.42. The van der Waals surface area contributed by atoms with Crippen molar-refractivity contribution in [3.05, 3.63) is 24.3 Å². The van der Waals surface area contributed by atoms with Crippen LogP contribution in [-0.2, 0) is 24.5 Å². The van der Waals surface area contributed by atoms with E-state index in [1.165, 1.54) is 24.3 Å². The van der Waals surface area contributed by atoms with Crippen LogP contribution in [0.15, 0.2) is 34.1 Å². The average molecular weight is 496 g/mol. The van der Waals surface area contributed by atoms with Crippen LogP contribution < -0.4 is 5.32 Å². The Hall–Kier alpha value is -1.96. The topological polar surface area (TPSA) is 124 Å². The average Bonchev–Trinajstić information content (AvgIpc) is 3.30. The molecule has 1 heterocycles. The molecule has 1 aliphatic heterocycles. The van der Waals surface area contributed by atoms with Gasteiger partial charge in [0.05, 0.1) is 28.2 Å². The zero-order valence-electron chi connectivity index (χ0n) is 19.7. The summed E-state index contributed by atoms with van der Waals surface area (Å²) in [6.45, 7) is 6.79. The minimum atomic E-state index is -3.62. The summed E-state index contributed by atoms with van der Waals surface area (Å²) in [6, 6.07) is 7.18. The standard InChI is InChI=1S/C23H33N3O5S2/c1-22(2)17(16-33(30,31)20-9-7-19(8-10-20)32(4,28)29)11-12-23(22,3)25-15-21(27)26-13-5-6-18(26)14-24/h7-10,17-18,25H,5-6,11-13,15-16H2,1-4H3/t17-,18?,23-/m0/s1. The normalized spacial score (nSPS) is 27.4. The van der Waals surface area contributed by atoms with E-state index in [2.05, 4.69) is 11.4 Å². The third kappa shape index (κ3) is 5.10. The van der Waals surface area contributed by atoms with Crippen LogP contribution in [0.3, 0.4) is 0 Å². The number of benzene rings is 1. The number of nitrogens with one attached hydrogen (secondary N) is 1. The molecule has 1 N–H and O–H groups in total. The summed E-state index contributed by atoms with van der Waals surface area (Å²) in [5.74, 6) is -0.284. The maximum Gasteiger partial charge on any atom is 0.237 e. The summed E-state index contributed by atoms with van der Waals surface area (Å²) in [5.41, 5.74) is -0.850. The number of likely N-dealkylation sites (tertiary alicyclic amines) is 1. The maximum atomic E-state index is 13.1. The van der Waals surface area contributed by atoms with Gasteiger partial charge in [-0.3, -0.25) is 4.79 Å². The molecule has 10 heteroatoms. The second kappa shape index (κ2) is 9.01. The van der Waals surface area contributed by atoms with Crippen molar-refractivity contribution in [2.24, 2.45) is 11.3 Å². The van der Waals surface area contributed by atoms with Crippen LogP contribution in [0, 0.1) is 22.7 Å². The molecule has 1 aromatic carbocycles. The van der Waals surface area contributed by atoms with Crippen molar-refractivity contribution in [3.63, 3.8) is 0 Å². The minimum Gasteiger partial charge on any atom is -0.326 e. The Morgan fingerprint density at radius 3 is 2.30 bits per heavy atom. The number of hydrogen-bond acceptors (Lipinski definition) is 7. The van der Waals surface area contributed by atoms with E-state index in [9.17, 15) is 26.9 Å². The van der Waals surface area contributed by atoms with Gasteiger partial charge >= 0.3 is 0 Å². The van der Waals surface area contributed by atoms with Crippen LogP contribution in [0.2, 0.25) is 0 Å². The van der Waals surface area contributed by atoms with E-state index in [1.54, 1.807) is 4.90 Å². The first-order valence-corrected chi connectivity index (χ1v) is 14.7. The van der Waals surface area contributed by atoms with Crippen LogP contribution in [0.1, 0.15) is 46.5 Å². The van der Waals surface area contributed by atoms with E-state index in [0.717, 1.165) is 19.1 Å². The van der Waals surface area contributed by atoms with Crippen molar-refractivity contribution in [2.75, 3.05) is 25.1 Å². The number of carbonyl (C=O) groups excluding carboxylic acids is 1. The molecule has 1 aromatic rings. The van der Waals surface area contributed by atoms with Crippen molar-refractivity contribution in [1.82, 2.24) is 10.2 Å². The summed E-state index contributed by atoms with van der Waals surface area (Å²) in [7, 11) is -7.01. The highest BCUT2D eigenvalue weighted by atomic mass is 32.2. The molecule has 1 aliphatic carbocycles. The molecule has 1 unspecified atom stereocenters. The summed E-state index contributed by atoms with van der Waals surface area (Å²) in [4.78, 5) is 14.5. The first-order chi connectivity index (χ1) is 15.2. The zero-order valence-corrected chi connectivity index (χ0v) is 21.3. The quantitative estimate of drug-likeness (QED) is 0.614. The third-order valence-electron chi connectivity index (χ3n) is 7.82. The largest absolute Gasteiger partial charge is 0.326 e. The van der Waals surface area contributed by atoms with Crippen molar-refractivity contribution >= 4 is 25.6 Å². The van der Waals surface area contributed by atoms with Gasteiger partial charge in [0.25, 0.3) is 0 Å². The van der Waals surface area contributed by atoms with Gasteiger partial charge in [-0.15, -0.1) is 0 Å². The van der Waals surface area contributed by atoms with Gasteiger partial charge in [0.2, 0.25) is 5.91 Å². The molecule has 182 valence electrons. The monoisotopic (exact) mass is 495 g/mol. The van der Waals surface area contributed by atoms with E-state index in [-0.39, 0.29) is 40.0 Å². The van der Waals surface area contributed by atoms with Gasteiger partial charge in [0, 0.05) is 18.3 Å². The lowest BCUT2D eigenvalue weighted by atomic mass is 9.72. The number of carbonyl (C=O) groups is 1. The molecule has 0 radical (unpaired) electrons. The van der Waals surface area contributed by atoms with Crippen molar-refractivity contribution in [1.29, 1.82) is 5.26 Å². The van der Waals surface area contributed by atoms with E-state index in [4.69, 9.17) is 0 Å². The lowest BCUT2D eigenvalue weighted by Crippen LogP contribution is -2.55. The molecule has 3 atom stereocenters. The molecule has 1 saturated carbocycles. The summed E-state index contributed by atoms with van der Waals surface area (Å²) >= 11 is 0. The number of nitrogens with zero attached hydrogens (tertiary/aromatic N) is 2. The Labute approximate surface area is 197 Å². The van der Waals surface area contributed by atoms with Gasteiger partial charge in [-0.1, -0.05) is 13.8 Å². The molecular weight excluding hydrogens is 462 g/mol. The molecule has 0 aromatic heterocycles. The van der Waals surface area contributed by atoms with Gasteiger partial charge in [0.15, 0.2) is 19.7 Å². The molecule has 2 aliphatic rings. The first-order valence-electron chi connectivity index (χ1n) is 11.2. The number of hydrogen-bond donors (Lipinski definition) is 1. The smallest absolute Gasteiger partial charge is 0.237 e. The van der Waals surface area contributed by atoms with Crippen LogP contribution in [0.25, 0.3) is 0 Å². The molecule has 1 saturated heterocycles. The number of sulfone groups is 2. The Morgan fingerprint density at radius 2 is 1.73 bits per heavy atom. The zero-order chi connectivity index (χ0) is 24.7. The molecule has 0 bridgehead atoms. The van der Waals surface area contributed by atoms with E-state index >= 15 is 0 Å². The lowest BCUT2D eigenvalue weighted by molar-refractivity contribution is -0.130. The molecule has 0 spiro atoms. The number of amides is 1. The predicted octanol–water partition coefficient (Wildman–Crippen LogP) is 2.16. The Bertz CT molecular complexity index is 1150. The summed E-state index contributed by atoms with van der Waals surface area (Å²) in [5, 5.41) is 12.6. The van der Waals surface area contributed by atoms with Gasteiger partial charge in [-0.25, -0.2) is 16.8 Å². The fraction of sp³-hybridized carbons (Fsp3) is 0.652. The Morgan fingerprint density at radius 1 is 1.12 bits per heavy atom. The van der Waals surface area contributed by atoms with Gasteiger partial charge < -0.3 is 10.2 Å². The third-order valence-corrected chi connectivity index (χ3v) is 10.8. The highest BCUT2D eigenvalue weighted by Gasteiger charge is 2.52. The van der Waals surface area contributed by atoms with Crippen molar-refractivity contribution < 1.29 is 21.6 Å².